The molecule has 0 spiro atoms. The molecular weight excluding hydrogens is 321 g/mol. The Balaban J connectivity index is 2.41. The lowest BCUT2D eigenvalue weighted by molar-refractivity contribution is -0.139. The molecule has 0 amide bonds. The number of rotatable bonds is 2. The van der Waals surface area contributed by atoms with E-state index in [2.05, 4.69) is 15.9 Å². The molecule has 0 saturated carbocycles. The fourth-order valence-corrected chi connectivity index (χ4v) is 2.68. The summed E-state index contributed by atoms with van der Waals surface area (Å²) >= 11 is 3.04. The highest BCUT2D eigenvalue weighted by Gasteiger charge is 2.35. The van der Waals surface area contributed by atoms with Gasteiger partial charge in [-0.1, -0.05) is 28.1 Å². The molecule has 1 aliphatic carbocycles. The molecule has 1 unspecified atom stereocenters. The summed E-state index contributed by atoms with van der Waals surface area (Å²) in [5, 5.41) is 10.2. The molecular formula is C14H14BrF3O. The Bertz CT molecular complexity index is 494. The highest BCUT2D eigenvalue weighted by Crippen LogP contribution is 2.39. The Morgan fingerprint density at radius 1 is 1.21 bits per heavy atom. The Morgan fingerprint density at radius 2 is 1.95 bits per heavy atom. The van der Waals surface area contributed by atoms with Gasteiger partial charge in [0.05, 0.1) is 5.56 Å². The zero-order valence-corrected chi connectivity index (χ0v) is 11.8. The third kappa shape index (κ3) is 3.39. The molecule has 1 atom stereocenters. The van der Waals surface area contributed by atoms with Crippen molar-refractivity contribution in [1.29, 1.82) is 0 Å². The van der Waals surface area contributed by atoms with Gasteiger partial charge in [-0.2, -0.15) is 13.2 Å². The van der Waals surface area contributed by atoms with Crippen LogP contribution in [0.4, 0.5) is 13.2 Å². The number of alkyl halides is 3. The van der Waals surface area contributed by atoms with Crippen molar-refractivity contribution >= 4 is 15.9 Å². The minimum Gasteiger partial charge on any atom is -0.384 e. The van der Waals surface area contributed by atoms with E-state index in [4.69, 9.17) is 0 Å². The summed E-state index contributed by atoms with van der Waals surface area (Å²) in [5.74, 6) is 0. The molecule has 19 heavy (non-hydrogen) atoms. The number of hydrogen-bond donors (Lipinski definition) is 1. The summed E-state index contributed by atoms with van der Waals surface area (Å²) < 4.78 is 39.4. The van der Waals surface area contributed by atoms with Gasteiger partial charge < -0.3 is 5.11 Å². The molecule has 1 N–H and O–H groups in total. The zero-order valence-electron chi connectivity index (χ0n) is 10.2. The summed E-state index contributed by atoms with van der Waals surface area (Å²) in [6.45, 7) is 0. The molecule has 1 nitrogen and oxygen atoms in total. The molecule has 1 aromatic rings. The van der Waals surface area contributed by atoms with Gasteiger partial charge in [0.15, 0.2) is 0 Å². The Hall–Kier alpha value is -0.810. The first kappa shape index (κ1) is 14.6. The van der Waals surface area contributed by atoms with Gasteiger partial charge in [0.2, 0.25) is 0 Å². The van der Waals surface area contributed by atoms with E-state index in [1.807, 2.05) is 6.08 Å². The van der Waals surface area contributed by atoms with Crippen LogP contribution < -0.4 is 0 Å². The van der Waals surface area contributed by atoms with Crippen LogP contribution in [0, 0.1) is 0 Å². The van der Waals surface area contributed by atoms with Crippen molar-refractivity contribution in [3.63, 3.8) is 0 Å². The number of aliphatic hydroxyl groups excluding tert-OH is 1. The minimum absolute atomic E-state index is 0.0659. The largest absolute Gasteiger partial charge is 0.416 e. The number of hydrogen-bond acceptors (Lipinski definition) is 1. The number of benzene rings is 1. The predicted octanol–water partition coefficient (Wildman–Crippen LogP) is 5.00. The average Bonchev–Trinajstić information content (AvgIpc) is 2.38. The highest BCUT2D eigenvalue weighted by molar-refractivity contribution is 9.10. The van der Waals surface area contributed by atoms with E-state index in [-0.39, 0.29) is 5.56 Å². The molecule has 2 rings (SSSR count). The summed E-state index contributed by atoms with van der Waals surface area (Å²) in [7, 11) is 0. The first-order chi connectivity index (χ1) is 8.89. The second kappa shape index (κ2) is 5.67. The predicted molar refractivity (Wildman–Crippen MR) is 70.7 cm³/mol. The minimum atomic E-state index is -4.46. The monoisotopic (exact) mass is 334 g/mol. The van der Waals surface area contributed by atoms with Gasteiger partial charge >= 0.3 is 6.18 Å². The van der Waals surface area contributed by atoms with E-state index in [9.17, 15) is 18.3 Å². The maximum Gasteiger partial charge on any atom is 0.416 e. The van der Waals surface area contributed by atoms with Crippen LogP contribution in [-0.4, -0.2) is 5.11 Å². The molecule has 104 valence electrons. The summed E-state index contributed by atoms with van der Waals surface area (Å²) in [6.07, 6.45) is -0.335. The maximum atomic E-state index is 13.0. The van der Waals surface area contributed by atoms with Gasteiger partial charge in [-0.25, -0.2) is 0 Å². The van der Waals surface area contributed by atoms with Crippen molar-refractivity contribution in [3.05, 3.63) is 45.4 Å². The van der Waals surface area contributed by atoms with Gasteiger partial charge in [-0.15, -0.1) is 0 Å². The fraction of sp³-hybridized carbons (Fsp3) is 0.429. The Morgan fingerprint density at radius 3 is 2.53 bits per heavy atom. The van der Waals surface area contributed by atoms with Crippen LogP contribution in [-0.2, 0) is 6.18 Å². The van der Waals surface area contributed by atoms with Crippen molar-refractivity contribution in [3.8, 4) is 0 Å². The summed E-state index contributed by atoms with van der Waals surface area (Å²) in [6, 6.07) is 3.88. The van der Waals surface area contributed by atoms with Crippen LogP contribution in [0.2, 0.25) is 0 Å². The van der Waals surface area contributed by atoms with Gasteiger partial charge in [0.1, 0.15) is 6.10 Å². The normalized spacial score (nSPS) is 18.1. The topological polar surface area (TPSA) is 20.2 Å². The van der Waals surface area contributed by atoms with Crippen molar-refractivity contribution in [1.82, 2.24) is 0 Å². The number of halogens is 4. The quantitative estimate of drug-likeness (QED) is 0.754. The Kier molecular flexibility index (Phi) is 4.36. The molecule has 0 heterocycles. The van der Waals surface area contributed by atoms with Gasteiger partial charge in [0.25, 0.3) is 0 Å². The summed E-state index contributed by atoms with van der Waals surface area (Å²) in [4.78, 5) is 0. The van der Waals surface area contributed by atoms with E-state index in [0.717, 1.165) is 25.3 Å². The smallest absolute Gasteiger partial charge is 0.384 e. The SMILES string of the molecule is OC(C1=CCCCC1)c1ccc(Br)cc1C(F)(F)F. The van der Waals surface area contributed by atoms with Crippen molar-refractivity contribution in [2.24, 2.45) is 0 Å². The van der Waals surface area contributed by atoms with E-state index in [1.54, 1.807) is 0 Å². The maximum absolute atomic E-state index is 13.0. The first-order valence-electron chi connectivity index (χ1n) is 6.13. The second-order valence-corrected chi connectivity index (χ2v) is 5.57. The van der Waals surface area contributed by atoms with Crippen LogP contribution in [0.3, 0.4) is 0 Å². The molecule has 1 aromatic carbocycles. The molecule has 1 aliphatic rings. The molecule has 0 bridgehead atoms. The lowest BCUT2D eigenvalue weighted by Gasteiger charge is -2.22. The lowest BCUT2D eigenvalue weighted by atomic mass is 9.89. The molecule has 5 heteroatoms. The first-order valence-corrected chi connectivity index (χ1v) is 6.92. The average molecular weight is 335 g/mol. The van der Waals surface area contributed by atoms with Crippen molar-refractivity contribution < 1.29 is 18.3 Å². The molecule has 0 radical (unpaired) electrons. The van der Waals surface area contributed by atoms with Crippen molar-refractivity contribution in [2.75, 3.05) is 0 Å². The summed E-state index contributed by atoms with van der Waals surface area (Å²) in [5.41, 5.74) is -0.149. The standard InChI is InChI=1S/C14H14BrF3O/c15-10-6-7-11(12(8-10)14(16,17)18)13(19)9-4-2-1-3-5-9/h4,6-8,13,19H,1-3,5H2. The van der Waals surface area contributed by atoms with Crippen LogP contribution in [0.1, 0.15) is 42.9 Å². The van der Waals surface area contributed by atoms with E-state index < -0.39 is 17.8 Å². The lowest BCUT2D eigenvalue weighted by Crippen LogP contribution is -2.14. The van der Waals surface area contributed by atoms with Crippen molar-refractivity contribution in [2.45, 2.75) is 38.0 Å². The third-order valence-corrected chi connectivity index (χ3v) is 3.79. The Labute approximate surface area is 118 Å². The van der Waals surface area contributed by atoms with E-state index in [0.29, 0.717) is 16.5 Å². The molecule has 0 fully saturated rings. The van der Waals surface area contributed by atoms with Gasteiger partial charge in [-0.3, -0.25) is 0 Å². The number of allylic oxidation sites excluding steroid dienone is 1. The fourth-order valence-electron chi connectivity index (χ4n) is 2.32. The van der Waals surface area contributed by atoms with Crippen LogP contribution in [0.25, 0.3) is 0 Å². The van der Waals surface area contributed by atoms with Crippen LogP contribution in [0.5, 0.6) is 0 Å². The third-order valence-electron chi connectivity index (χ3n) is 3.29. The number of aliphatic hydroxyl groups is 1. The van der Waals surface area contributed by atoms with Gasteiger partial charge in [0, 0.05) is 4.47 Å². The van der Waals surface area contributed by atoms with E-state index >= 15 is 0 Å². The highest BCUT2D eigenvalue weighted by atomic mass is 79.9. The van der Waals surface area contributed by atoms with E-state index in [1.165, 1.54) is 12.1 Å². The molecule has 0 aliphatic heterocycles. The van der Waals surface area contributed by atoms with Gasteiger partial charge in [-0.05, 0) is 49.0 Å². The van der Waals surface area contributed by atoms with Crippen LogP contribution in [0.15, 0.2) is 34.3 Å². The molecule has 0 saturated heterocycles. The molecule has 0 aromatic heterocycles. The van der Waals surface area contributed by atoms with Crippen LogP contribution >= 0.6 is 15.9 Å². The second-order valence-electron chi connectivity index (χ2n) is 4.66. The zero-order chi connectivity index (χ0) is 14.0.